The number of amides is 1. The van der Waals surface area contributed by atoms with E-state index in [9.17, 15) is 14.9 Å². The Morgan fingerprint density at radius 2 is 2.10 bits per heavy atom. The summed E-state index contributed by atoms with van der Waals surface area (Å²) in [5.74, 6) is -0.223. The minimum Gasteiger partial charge on any atom is -0.324 e. The number of nitrogens with zero attached hydrogens (tertiary/aromatic N) is 3. The molecule has 7 heteroatoms. The van der Waals surface area contributed by atoms with E-state index in [1.165, 1.54) is 18.2 Å². The van der Waals surface area contributed by atoms with Gasteiger partial charge in [0.2, 0.25) is 5.91 Å². The minimum atomic E-state index is -0.464. The fourth-order valence-electron chi connectivity index (χ4n) is 2.04. The molecule has 1 aromatic heterocycles. The number of carbonyl (C=O) groups is 1. The number of carbonyl (C=O) groups excluding carboxylic acids is 1. The second kappa shape index (κ2) is 5.74. The first-order valence-electron chi connectivity index (χ1n) is 6.46. The molecule has 0 radical (unpaired) electrons. The van der Waals surface area contributed by atoms with E-state index in [0.717, 1.165) is 5.69 Å². The molecule has 0 fully saturated rings. The Hall–Kier alpha value is -2.70. The highest BCUT2D eigenvalue weighted by atomic mass is 16.6. The van der Waals surface area contributed by atoms with Crippen LogP contribution in [-0.4, -0.2) is 20.6 Å². The number of benzene rings is 1. The van der Waals surface area contributed by atoms with Gasteiger partial charge in [0.25, 0.3) is 5.69 Å². The largest absolute Gasteiger partial charge is 0.324 e. The molecule has 1 aromatic carbocycles. The Labute approximate surface area is 121 Å². The topological polar surface area (TPSA) is 90.1 Å². The third kappa shape index (κ3) is 3.07. The molecule has 1 unspecified atom stereocenters. The number of hydrogen-bond acceptors (Lipinski definition) is 4. The Morgan fingerprint density at radius 1 is 1.38 bits per heavy atom. The summed E-state index contributed by atoms with van der Waals surface area (Å²) in [6.45, 7) is 5.33. The van der Waals surface area contributed by atoms with Crippen LogP contribution in [0.4, 0.5) is 11.4 Å². The van der Waals surface area contributed by atoms with Crippen molar-refractivity contribution in [3.8, 4) is 0 Å². The number of aromatic nitrogens is 2. The molecule has 2 rings (SSSR count). The highest BCUT2D eigenvalue weighted by molar-refractivity contribution is 5.94. The lowest BCUT2D eigenvalue weighted by molar-refractivity contribution is -0.384. The van der Waals surface area contributed by atoms with Gasteiger partial charge >= 0.3 is 0 Å². The van der Waals surface area contributed by atoms with Crippen LogP contribution in [0.15, 0.2) is 30.5 Å². The predicted octanol–water partition coefficient (Wildman–Crippen LogP) is 2.61. The summed E-state index contributed by atoms with van der Waals surface area (Å²) in [6, 6.07) is 5.69. The maximum absolute atomic E-state index is 12.2. The van der Waals surface area contributed by atoms with Gasteiger partial charge in [-0.1, -0.05) is 0 Å². The Bertz CT molecular complexity index is 693. The molecular formula is C14H16N4O3. The van der Waals surface area contributed by atoms with Crippen molar-refractivity contribution in [3.05, 3.63) is 51.8 Å². The Morgan fingerprint density at radius 3 is 2.62 bits per heavy atom. The SMILES string of the molecule is Cc1cc([N+](=O)[O-])ccc1NC(=O)C(C)n1nccc1C. The summed E-state index contributed by atoms with van der Waals surface area (Å²) in [7, 11) is 0. The van der Waals surface area contributed by atoms with Crippen LogP contribution in [0, 0.1) is 24.0 Å². The monoisotopic (exact) mass is 288 g/mol. The lowest BCUT2D eigenvalue weighted by Gasteiger charge is -2.15. The molecule has 0 saturated heterocycles. The van der Waals surface area contributed by atoms with Crippen LogP contribution in [0.25, 0.3) is 0 Å². The summed E-state index contributed by atoms with van der Waals surface area (Å²) >= 11 is 0. The van der Waals surface area contributed by atoms with Crippen LogP contribution in [0.1, 0.15) is 24.2 Å². The van der Waals surface area contributed by atoms with Crippen molar-refractivity contribution in [1.82, 2.24) is 9.78 Å². The average molecular weight is 288 g/mol. The van der Waals surface area contributed by atoms with E-state index in [0.29, 0.717) is 11.3 Å². The van der Waals surface area contributed by atoms with Crippen molar-refractivity contribution in [2.24, 2.45) is 0 Å². The van der Waals surface area contributed by atoms with Crippen molar-refractivity contribution in [2.45, 2.75) is 26.8 Å². The molecule has 110 valence electrons. The van der Waals surface area contributed by atoms with E-state index in [-0.39, 0.29) is 11.6 Å². The molecule has 0 aliphatic heterocycles. The summed E-state index contributed by atoms with van der Waals surface area (Å²) < 4.78 is 1.62. The molecular weight excluding hydrogens is 272 g/mol. The van der Waals surface area contributed by atoms with Gasteiger partial charge in [-0.05, 0) is 38.5 Å². The molecule has 7 nitrogen and oxygen atoms in total. The summed E-state index contributed by atoms with van der Waals surface area (Å²) in [5, 5.41) is 17.6. The predicted molar refractivity (Wildman–Crippen MR) is 78.1 cm³/mol. The van der Waals surface area contributed by atoms with Gasteiger partial charge in [0, 0.05) is 29.7 Å². The van der Waals surface area contributed by atoms with Gasteiger partial charge in [-0.25, -0.2) is 0 Å². The van der Waals surface area contributed by atoms with Gasteiger partial charge in [-0.3, -0.25) is 19.6 Å². The quantitative estimate of drug-likeness (QED) is 0.691. The highest BCUT2D eigenvalue weighted by Gasteiger charge is 2.18. The Balaban J connectivity index is 2.16. The van der Waals surface area contributed by atoms with Crippen molar-refractivity contribution in [3.63, 3.8) is 0 Å². The van der Waals surface area contributed by atoms with Gasteiger partial charge in [0.05, 0.1) is 4.92 Å². The molecule has 1 N–H and O–H groups in total. The van der Waals surface area contributed by atoms with Crippen LogP contribution in [0.5, 0.6) is 0 Å². The second-order valence-corrected chi connectivity index (χ2v) is 4.84. The van der Waals surface area contributed by atoms with Crippen LogP contribution in [0.2, 0.25) is 0 Å². The first kappa shape index (κ1) is 14.7. The first-order valence-corrected chi connectivity index (χ1v) is 6.46. The fraction of sp³-hybridized carbons (Fsp3) is 0.286. The fourth-order valence-corrected chi connectivity index (χ4v) is 2.04. The number of anilines is 1. The number of rotatable bonds is 4. The molecule has 1 atom stereocenters. The molecule has 0 aliphatic rings. The van der Waals surface area contributed by atoms with Crippen LogP contribution >= 0.6 is 0 Å². The zero-order valence-electron chi connectivity index (χ0n) is 12.0. The average Bonchev–Trinajstić information content (AvgIpc) is 2.86. The maximum Gasteiger partial charge on any atom is 0.269 e. The van der Waals surface area contributed by atoms with Crippen LogP contribution in [-0.2, 0) is 4.79 Å². The van der Waals surface area contributed by atoms with Crippen molar-refractivity contribution < 1.29 is 9.72 Å². The third-order valence-electron chi connectivity index (χ3n) is 3.29. The second-order valence-electron chi connectivity index (χ2n) is 4.84. The third-order valence-corrected chi connectivity index (χ3v) is 3.29. The number of hydrogen-bond donors (Lipinski definition) is 1. The van der Waals surface area contributed by atoms with Crippen molar-refractivity contribution in [1.29, 1.82) is 0 Å². The van der Waals surface area contributed by atoms with E-state index < -0.39 is 11.0 Å². The van der Waals surface area contributed by atoms with Gasteiger partial charge < -0.3 is 5.32 Å². The summed E-state index contributed by atoms with van der Waals surface area (Å²) in [5.41, 5.74) is 2.09. The van der Waals surface area contributed by atoms with Crippen LogP contribution < -0.4 is 5.32 Å². The summed E-state index contributed by atoms with van der Waals surface area (Å²) in [6.07, 6.45) is 1.64. The smallest absolute Gasteiger partial charge is 0.269 e. The molecule has 0 saturated carbocycles. The number of nitro benzene ring substituents is 1. The lowest BCUT2D eigenvalue weighted by atomic mass is 10.1. The van der Waals surface area contributed by atoms with E-state index in [2.05, 4.69) is 10.4 Å². The number of aryl methyl sites for hydroxylation is 2. The van der Waals surface area contributed by atoms with Crippen molar-refractivity contribution in [2.75, 3.05) is 5.32 Å². The molecule has 0 bridgehead atoms. The highest BCUT2D eigenvalue weighted by Crippen LogP contribution is 2.22. The molecule has 21 heavy (non-hydrogen) atoms. The zero-order chi connectivity index (χ0) is 15.6. The van der Waals surface area contributed by atoms with Gasteiger partial charge in [0.1, 0.15) is 6.04 Å². The van der Waals surface area contributed by atoms with E-state index in [4.69, 9.17) is 0 Å². The number of nitro groups is 1. The van der Waals surface area contributed by atoms with Gasteiger partial charge in [0.15, 0.2) is 0 Å². The molecule has 1 amide bonds. The van der Waals surface area contributed by atoms with Crippen LogP contribution in [0.3, 0.4) is 0 Å². The summed E-state index contributed by atoms with van der Waals surface area (Å²) in [4.78, 5) is 22.5. The van der Waals surface area contributed by atoms with E-state index >= 15 is 0 Å². The number of non-ortho nitro benzene ring substituents is 1. The normalized spacial score (nSPS) is 12.0. The first-order chi connectivity index (χ1) is 9.90. The van der Waals surface area contributed by atoms with E-state index in [1.807, 2.05) is 13.0 Å². The number of nitrogens with one attached hydrogen (secondary N) is 1. The lowest BCUT2D eigenvalue weighted by Crippen LogP contribution is -2.25. The van der Waals surface area contributed by atoms with Gasteiger partial charge in [-0.2, -0.15) is 5.10 Å². The molecule has 1 heterocycles. The maximum atomic E-state index is 12.2. The minimum absolute atomic E-state index is 0.00136. The molecule has 0 spiro atoms. The van der Waals surface area contributed by atoms with Crippen molar-refractivity contribution >= 4 is 17.3 Å². The van der Waals surface area contributed by atoms with Gasteiger partial charge in [-0.15, -0.1) is 0 Å². The van der Waals surface area contributed by atoms with E-state index in [1.54, 1.807) is 24.7 Å². The molecule has 2 aromatic rings. The molecule has 0 aliphatic carbocycles. The Kier molecular flexibility index (Phi) is 4.02. The zero-order valence-corrected chi connectivity index (χ0v) is 12.0. The standard InChI is InChI=1S/C14H16N4O3/c1-9-8-12(18(20)21)4-5-13(9)16-14(19)11(3)17-10(2)6-7-15-17/h4-8,11H,1-3H3,(H,16,19).